The van der Waals surface area contributed by atoms with E-state index in [0.29, 0.717) is 0 Å². The van der Waals surface area contributed by atoms with Crippen LogP contribution in [0, 0.1) is 11.6 Å². The lowest BCUT2D eigenvalue weighted by Crippen LogP contribution is -2.18. The van der Waals surface area contributed by atoms with E-state index in [-0.39, 0.29) is 18.5 Å². The Hall–Kier alpha value is -1.33. The fourth-order valence-electron chi connectivity index (χ4n) is 1.56. The molecule has 0 aliphatic carbocycles. The van der Waals surface area contributed by atoms with Crippen molar-refractivity contribution in [3.8, 4) is 0 Å². The molecule has 0 bridgehead atoms. The second-order valence-corrected chi connectivity index (χ2v) is 4.15. The molecule has 102 valence electrons. The molecule has 1 nitrogen and oxygen atoms in total. The Morgan fingerprint density at radius 3 is 2.22 bits per heavy atom. The molecule has 0 heterocycles. The second kappa shape index (κ2) is 6.02. The van der Waals surface area contributed by atoms with Crippen LogP contribution in [-0.2, 0) is 0 Å². The highest BCUT2D eigenvalue weighted by molar-refractivity contribution is 5.46. The van der Waals surface area contributed by atoms with Crippen LogP contribution in [0.5, 0.6) is 0 Å². The molecular formula is C12H14F5N. The van der Waals surface area contributed by atoms with Gasteiger partial charge in [-0.3, -0.25) is 0 Å². The Kier molecular flexibility index (Phi) is 4.93. The monoisotopic (exact) mass is 267 g/mol. The highest BCUT2D eigenvalue weighted by Crippen LogP contribution is 2.24. The molecule has 0 aliphatic heterocycles. The summed E-state index contributed by atoms with van der Waals surface area (Å²) in [6.07, 6.45) is -4.97. The van der Waals surface area contributed by atoms with E-state index in [4.69, 9.17) is 0 Å². The van der Waals surface area contributed by atoms with E-state index in [1.165, 1.54) is 6.07 Å². The van der Waals surface area contributed by atoms with Crippen molar-refractivity contribution >= 4 is 5.69 Å². The smallest absolute Gasteiger partial charge is 0.378 e. The van der Waals surface area contributed by atoms with Crippen LogP contribution >= 0.6 is 0 Å². The van der Waals surface area contributed by atoms with Gasteiger partial charge in [-0.1, -0.05) is 6.07 Å². The summed E-state index contributed by atoms with van der Waals surface area (Å²) in [6.45, 7) is 1.59. The lowest BCUT2D eigenvalue weighted by Gasteiger charge is -2.16. The van der Waals surface area contributed by atoms with Gasteiger partial charge in [0.25, 0.3) is 0 Å². The van der Waals surface area contributed by atoms with Gasteiger partial charge in [0, 0.05) is 12.5 Å². The van der Waals surface area contributed by atoms with Crippen molar-refractivity contribution in [2.24, 2.45) is 0 Å². The first-order chi connectivity index (χ1) is 8.29. The van der Waals surface area contributed by atoms with E-state index >= 15 is 0 Å². The molecule has 0 amide bonds. The van der Waals surface area contributed by atoms with Crippen LogP contribution in [-0.4, -0.2) is 12.2 Å². The molecule has 0 aromatic heterocycles. The molecule has 0 radical (unpaired) electrons. The number of hydrogen-bond donors (Lipinski definition) is 1. The summed E-state index contributed by atoms with van der Waals surface area (Å²) in [7, 11) is 0. The summed E-state index contributed by atoms with van der Waals surface area (Å²) < 4.78 is 62.2. The van der Waals surface area contributed by atoms with Gasteiger partial charge in [0.15, 0.2) is 0 Å². The third-order valence-corrected chi connectivity index (χ3v) is 2.45. The summed E-state index contributed by atoms with van der Waals surface area (Å²) in [5.41, 5.74) is -0.294. The average Bonchev–Trinajstić information content (AvgIpc) is 2.22. The first-order valence-corrected chi connectivity index (χ1v) is 5.57. The van der Waals surface area contributed by atoms with Crippen LogP contribution in [0.15, 0.2) is 18.2 Å². The second-order valence-electron chi connectivity index (χ2n) is 4.15. The topological polar surface area (TPSA) is 12.0 Å². The Morgan fingerprint density at radius 2 is 1.72 bits per heavy atom. The van der Waals surface area contributed by atoms with Crippen molar-refractivity contribution < 1.29 is 22.0 Å². The van der Waals surface area contributed by atoms with E-state index in [2.05, 4.69) is 5.32 Å². The highest BCUT2D eigenvalue weighted by Gasteiger charge is 2.26. The standard InChI is InChI=1S/C12H14F5N/c1-8(4-3-7-12(15,16)17)18-11-9(13)5-2-6-10(11)14/h2,5-6,8,18H,3-4,7H2,1H3. The van der Waals surface area contributed by atoms with Crippen molar-refractivity contribution in [2.45, 2.75) is 38.4 Å². The van der Waals surface area contributed by atoms with Crippen LogP contribution in [0.3, 0.4) is 0 Å². The fourth-order valence-corrected chi connectivity index (χ4v) is 1.56. The maximum atomic E-state index is 13.2. The van der Waals surface area contributed by atoms with E-state index in [0.717, 1.165) is 12.1 Å². The molecule has 0 fully saturated rings. The molecule has 0 saturated carbocycles. The number of alkyl halides is 3. The Balaban J connectivity index is 2.47. The number of halogens is 5. The van der Waals surface area contributed by atoms with Gasteiger partial charge in [-0.05, 0) is 31.9 Å². The fraction of sp³-hybridized carbons (Fsp3) is 0.500. The summed E-state index contributed by atoms with van der Waals surface area (Å²) in [5.74, 6) is -1.50. The van der Waals surface area contributed by atoms with Crippen LogP contribution in [0.4, 0.5) is 27.6 Å². The number of rotatable bonds is 5. The van der Waals surface area contributed by atoms with E-state index in [9.17, 15) is 22.0 Å². The van der Waals surface area contributed by atoms with E-state index in [1.807, 2.05) is 0 Å². The predicted octanol–water partition coefficient (Wildman–Crippen LogP) is 4.50. The van der Waals surface area contributed by atoms with Crippen molar-refractivity contribution in [1.29, 1.82) is 0 Å². The zero-order chi connectivity index (χ0) is 13.8. The predicted molar refractivity (Wildman–Crippen MR) is 59.3 cm³/mol. The molecule has 1 aromatic rings. The summed E-state index contributed by atoms with van der Waals surface area (Å²) in [4.78, 5) is 0. The van der Waals surface area contributed by atoms with Gasteiger partial charge in [0.05, 0.1) is 0 Å². The van der Waals surface area contributed by atoms with Gasteiger partial charge in [0.2, 0.25) is 0 Å². The molecule has 0 saturated heterocycles. The molecule has 1 unspecified atom stereocenters. The minimum atomic E-state index is -4.19. The largest absolute Gasteiger partial charge is 0.389 e. The van der Waals surface area contributed by atoms with E-state index in [1.54, 1.807) is 6.92 Å². The molecule has 1 aromatic carbocycles. The van der Waals surface area contributed by atoms with Crippen molar-refractivity contribution in [2.75, 3.05) is 5.32 Å². The molecule has 6 heteroatoms. The summed E-state index contributed by atoms with van der Waals surface area (Å²) in [5, 5.41) is 2.55. The first-order valence-electron chi connectivity index (χ1n) is 5.57. The van der Waals surface area contributed by atoms with Gasteiger partial charge >= 0.3 is 6.18 Å². The number of hydrogen-bond acceptors (Lipinski definition) is 1. The van der Waals surface area contributed by atoms with Gasteiger partial charge in [-0.25, -0.2) is 8.78 Å². The van der Waals surface area contributed by atoms with E-state index < -0.39 is 30.3 Å². The number of nitrogens with one attached hydrogen (secondary N) is 1. The summed E-state index contributed by atoms with van der Waals surface area (Å²) in [6, 6.07) is 2.98. The van der Waals surface area contributed by atoms with Crippen molar-refractivity contribution in [3.63, 3.8) is 0 Å². The first kappa shape index (κ1) is 14.7. The highest BCUT2D eigenvalue weighted by atomic mass is 19.4. The lowest BCUT2D eigenvalue weighted by atomic mass is 10.1. The molecule has 0 spiro atoms. The molecule has 18 heavy (non-hydrogen) atoms. The number of anilines is 1. The normalized spacial score (nSPS) is 13.4. The molecule has 1 rings (SSSR count). The SMILES string of the molecule is CC(CCCC(F)(F)F)Nc1c(F)cccc1F. The minimum absolute atomic E-state index is 0.0757. The maximum Gasteiger partial charge on any atom is 0.389 e. The molecular weight excluding hydrogens is 253 g/mol. The molecule has 1 N–H and O–H groups in total. The van der Waals surface area contributed by atoms with Crippen LogP contribution < -0.4 is 5.32 Å². The number of para-hydroxylation sites is 1. The lowest BCUT2D eigenvalue weighted by molar-refractivity contribution is -0.135. The third kappa shape index (κ3) is 4.89. The summed E-state index contributed by atoms with van der Waals surface area (Å²) >= 11 is 0. The van der Waals surface area contributed by atoms with Crippen molar-refractivity contribution in [3.05, 3.63) is 29.8 Å². The van der Waals surface area contributed by atoms with Gasteiger partial charge in [0.1, 0.15) is 17.3 Å². The van der Waals surface area contributed by atoms with Crippen LogP contribution in [0.2, 0.25) is 0 Å². The maximum absolute atomic E-state index is 13.2. The average molecular weight is 267 g/mol. The van der Waals surface area contributed by atoms with Gasteiger partial charge in [-0.15, -0.1) is 0 Å². The molecule has 1 atom stereocenters. The van der Waals surface area contributed by atoms with Gasteiger partial charge in [-0.2, -0.15) is 13.2 Å². The Morgan fingerprint density at radius 1 is 1.17 bits per heavy atom. The third-order valence-electron chi connectivity index (χ3n) is 2.45. The molecule has 0 aliphatic rings. The quantitative estimate of drug-likeness (QED) is 0.774. The Labute approximate surface area is 102 Å². The zero-order valence-electron chi connectivity index (χ0n) is 9.82. The zero-order valence-corrected chi connectivity index (χ0v) is 9.82. The van der Waals surface area contributed by atoms with Crippen LogP contribution in [0.1, 0.15) is 26.2 Å². The van der Waals surface area contributed by atoms with Crippen molar-refractivity contribution in [1.82, 2.24) is 0 Å². The van der Waals surface area contributed by atoms with Crippen LogP contribution in [0.25, 0.3) is 0 Å². The number of benzene rings is 1. The minimum Gasteiger partial charge on any atom is -0.378 e. The Bertz CT molecular complexity index is 368. The van der Waals surface area contributed by atoms with Gasteiger partial charge < -0.3 is 5.32 Å².